The molecule has 1 fully saturated rings. The standard InChI is InChI=1S/C19H22N4OS/c1-2-8-15(9-3-1)17-12-16(24-23-17)13-25-19-20-18(21-22-19)11-10-14-6-4-5-7-14/h1-3,8-9,12,14H,4-7,10-11,13H2,(H,20,21,22). The van der Waals surface area contributed by atoms with Crippen LogP contribution in [0.1, 0.15) is 43.7 Å². The summed E-state index contributed by atoms with van der Waals surface area (Å²) in [6, 6.07) is 12.0. The number of hydrogen-bond donors (Lipinski definition) is 1. The molecule has 0 saturated heterocycles. The van der Waals surface area contributed by atoms with Crippen molar-refractivity contribution in [3.63, 3.8) is 0 Å². The summed E-state index contributed by atoms with van der Waals surface area (Å²) in [5.74, 6) is 3.39. The number of rotatable bonds is 7. The van der Waals surface area contributed by atoms with E-state index in [1.807, 2.05) is 36.4 Å². The Hall–Kier alpha value is -2.08. The number of nitrogens with one attached hydrogen (secondary N) is 1. The molecule has 1 saturated carbocycles. The van der Waals surface area contributed by atoms with Crippen LogP contribution in [-0.2, 0) is 12.2 Å². The highest BCUT2D eigenvalue weighted by Crippen LogP contribution is 2.29. The highest BCUT2D eigenvalue weighted by Gasteiger charge is 2.16. The first-order valence-corrected chi connectivity index (χ1v) is 9.90. The van der Waals surface area contributed by atoms with Crippen molar-refractivity contribution in [2.75, 3.05) is 0 Å². The van der Waals surface area contributed by atoms with E-state index in [1.165, 1.54) is 32.1 Å². The first kappa shape index (κ1) is 16.4. The Morgan fingerprint density at radius 3 is 2.84 bits per heavy atom. The number of aromatic amines is 1. The largest absolute Gasteiger partial charge is 0.360 e. The lowest BCUT2D eigenvalue weighted by atomic mass is 10.0. The van der Waals surface area contributed by atoms with Crippen LogP contribution in [0.25, 0.3) is 11.3 Å². The van der Waals surface area contributed by atoms with Gasteiger partial charge in [-0.3, -0.25) is 5.10 Å². The predicted molar refractivity (Wildman–Crippen MR) is 98.2 cm³/mol. The molecule has 0 spiro atoms. The Bertz CT molecular complexity index is 793. The van der Waals surface area contributed by atoms with Crippen molar-refractivity contribution in [1.82, 2.24) is 20.3 Å². The molecule has 25 heavy (non-hydrogen) atoms. The Kier molecular flexibility index (Phi) is 5.16. The van der Waals surface area contributed by atoms with Crippen LogP contribution in [0.3, 0.4) is 0 Å². The number of nitrogens with zero attached hydrogens (tertiary/aromatic N) is 3. The van der Waals surface area contributed by atoms with Gasteiger partial charge < -0.3 is 4.52 Å². The van der Waals surface area contributed by atoms with E-state index < -0.39 is 0 Å². The van der Waals surface area contributed by atoms with Crippen LogP contribution in [0.5, 0.6) is 0 Å². The molecule has 3 aromatic rings. The topological polar surface area (TPSA) is 67.6 Å². The molecule has 2 heterocycles. The zero-order valence-electron chi connectivity index (χ0n) is 14.1. The van der Waals surface area contributed by atoms with Gasteiger partial charge >= 0.3 is 0 Å². The minimum atomic E-state index is 0.680. The number of hydrogen-bond acceptors (Lipinski definition) is 5. The van der Waals surface area contributed by atoms with Gasteiger partial charge in [-0.15, -0.1) is 5.10 Å². The molecule has 1 aliphatic rings. The van der Waals surface area contributed by atoms with Crippen LogP contribution in [0.2, 0.25) is 0 Å². The van der Waals surface area contributed by atoms with Gasteiger partial charge in [0.15, 0.2) is 0 Å². The van der Waals surface area contributed by atoms with Crippen molar-refractivity contribution in [1.29, 1.82) is 0 Å². The van der Waals surface area contributed by atoms with Crippen LogP contribution in [0.15, 0.2) is 46.1 Å². The number of aryl methyl sites for hydroxylation is 1. The van der Waals surface area contributed by atoms with Crippen LogP contribution in [-0.4, -0.2) is 20.3 Å². The molecule has 0 bridgehead atoms. The highest BCUT2D eigenvalue weighted by atomic mass is 32.2. The summed E-state index contributed by atoms with van der Waals surface area (Å²) in [7, 11) is 0. The summed E-state index contributed by atoms with van der Waals surface area (Å²) >= 11 is 1.57. The molecule has 0 aliphatic heterocycles. The Morgan fingerprint density at radius 2 is 2.00 bits per heavy atom. The number of aromatic nitrogens is 4. The second-order valence-corrected chi connectivity index (χ2v) is 7.53. The van der Waals surface area contributed by atoms with Crippen molar-refractivity contribution in [2.24, 2.45) is 5.92 Å². The van der Waals surface area contributed by atoms with E-state index in [9.17, 15) is 0 Å². The molecule has 5 nitrogen and oxygen atoms in total. The van der Waals surface area contributed by atoms with Gasteiger partial charge in [-0.1, -0.05) is 72.9 Å². The third-order valence-corrected chi connectivity index (χ3v) is 5.62. The lowest BCUT2D eigenvalue weighted by molar-refractivity contribution is 0.397. The maximum absolute atomic E-state index is 5.43. The average molecular weight is 354 g/mol. The van der Waals surface area contributed by atoms with E-state index in [1.54, 1.807) is 11.8 Å². The summed E-state index contributed by atoms with van der Waals surface area (Å²) in [4.78, 5) is 4.59. The molecule has 130 valence electrons. The second kappa shape index (κ2) is 7.87. The molecular formula is C19H22N4OS. The van der Waals surface area contributed by atoms with E-state index in [-0.39, 0.29) is 0 Å². The van der Waals surface area contributed by atoms with E-state index in [0.717, 1.165) is 40.3 Å². The summed E-state index contributed by atoms with van der Waals surface area (Å²) in [6.45, 7) is 0. The smallest absolute Gasteiger partial charge is 0.208 e. The predicted octanol–water partition coefficient (Wildman–Crippen LogP) is 4.87. The quantitative estimate of drug-likeness (QED) is 0.613. The summed E-state index contributed by atoms with van der Waals surface area (Å²) in [6.07, 6.45) is 7.77. The minimum absolute atomic E-state index is 0.680. The zero-order chi connectivity index (χ0) is 16.9. The Balaban J connectivity index is 1.29. The maximum Gasteiger partial charge on any atom is 0.208 e. The van der Waals surface area contributed by atoms with Crippen molar-refractivity contribution in [2.45, 2.75) is 49.4 Å². The lowest BCUT2D eigenvalue weighted by Crippen LogP contribution is -1.97. The molecule has 0 radical (unpaired) electrons. The van der Waals surface area contributed by atoms with Crippen molar-refractivity contribution >= 4 is 11.8 Å². The summed E-state index contributed by atoms with van der Waals surface area (Å²) in [5.41, 5.74) is 1.93. The lowest BCUT2D eigenvalue weighted by Gasteiger charge is -2.05. The van der Waals surface area contributed by atoms with Gasteiger partial charge in [0.25, 0.3) is 0 Å². The van der Waals surface area contributed by atoms with E-state index >= 15 is 0 Å². The average Bonchev–Trinajstić information content (AvgIpc) is 3.40. The van der Waals surface area contributed by atoms with Crippen LogP contribution in [0, 0.1) is 5.92 Å². The van der Waals surface area contributed by atoms with Crippen molar-refractivity contribution in [3.05, 3.63) is 48.0 Å². The fraction of sp³-hybridized carbons (Fsp3) is 0.421. The normalized spacial score (nSPS) is 15.0. The third-order valence-electron chi connectivity index (χ3n) is 4.75. The molecule has 6 heteroatoms. The first-order valence-electron chi connectivity index (χ1n) is 8.92. The highest BCUT2D eigenvalue weighted by molar-refractivity contribution is 7.98. The summed E-state index contributed by atoms with van der Waals surface area (Å²) < 4.78 is 5.43. The minimum Gasteiger partial charge on any atom is -0.360 e. The number of benzene rings is 1. The fourth-order valence-corrected chi connectivity index (χ4v) is 4.05. The first-order chi connectivity index (χ1) is 12.4. The molecular weight excluding hydrogens is 332 g/mol. The Morgan fingerprint density at radius 1 is 1.16 bits per heavy atom. The van der Waals surface area contributed by atoms with Gasteiger partial charge in [-0.05, 0) is 12.3 Å². The van der Waals surface area contributed by atoms with Gasteiger partial charge in [0.05, 0.1) is 5.75 Å². The molecule has 0 amide bonds. The van der Waals surface area contributed by atoms with Crippen LogP contribution in [0.4, 0.5) is 0 Å². The molecule has 0 unspecified atom stereocenters. The fourth-order valence-electron chi connectivity index (χ4n) is 3.36. The van der Waals surface area contributed by atoms with Crippen molar-refractivity contribution < 1.29 is 4.52 Å². The molecule has 2 aromatic heterocycles. The molecule has 1 N–H and O–H groups in total. The van der Waals surface area contributed by atoms with Crippen LogP contribution < -0.4 is 0 Å². The van der Waals surface area contributed by atoms with Crippen LogP contribution >= 0.6 is 11.8 Å². The number of H-pyrrole nitrogens is 1. The van der Waals surface area contributed by atoms with Crippen molar-refractivity contribution in [3.8, 4) is 11.3 Å². The molecule has 0 atom stereocenters. The Labute approximate surface area is 151 Å². The molecule has 1 aromatic carbocycles. The van der Waals surface area contributed by atoms with E-state index in [4.69, 9.17) is 4.52 Å². The second-order valence-electron chi connectivity index (χ2n) is 6.59. The number of thioether (sulfide) groups is 1. The van der Waals surface area contributed by atoms with Gasteiger partial charge in [0, 0.05) is 18.1 Å². The maximum atomic E-state index is 5.43. The van der Waals surface area contributed by atoms with E-state index in [2.05, 4.69) is 20.3 Å². The summed E-state index contributed by atoms with van der Waals surface area (Å²) in [5, 5.41) is 12.3. The zero-order valence-corrected chi connectivity index (χ0v) is 15.0. The molecule has 1 aliphatic carbocycles. The van der Waals surface area contributed by atoms with E-state index in [0.29, 0.717) is 5.75 Å². The SMILES string of the molecule is c1ccc(-c2cc(CSc3n[nH]c(CCC4CCCC4)n3)on2)cc1. The van der Waals surface area contributed by atoms with Gasteiger partial charge in [-0.25, -0.2) is 4.98 Å². The monoisotopic (exact) mass is 354 g/mol. The van der Waals surface area contributed by atoms with Gasteiger partial charge in [-0.2, -0.15) is 0 Å². The van der Waals surface area contributed by atoms with Gasteiger partial charge in [0.1, 0.15) is 17.3 Å². The van der Waals surface area contributed by atoms with Gasteiger partial charge in [0.2, 0.25) is 5.16 Å². The third kappa shape index (κ3) is 4.31. The molecule has 4 rings (SSSR count).